The quantitative estimate of drug-likeness (QED) is 0.886. The van der Waals surface area contributed by atoms with E-state index in [1.54, 1.807) is 7.11 Å². The highest BCUT2D eigenvalue weighted by atomic mass is 16.5. The first-order valence-electron chi connectivity index (χ1n) is 6.72. The average molecular weight is 248 g/mol. The number of aryl methyl sites for hydroxylation is 1. The molecule has 0 amide bonds. The first kappa shape index (κ1) is 13.4. The SMILES string of the molecule is COc1ccccc1CCC1(N)CCCN(C)C1. The van der Waals surface area contributed by atoms with Crippen LogP contribution in [0.3, 0.4) is 0 Å². The molecule has 1 atom stereocenters. The molecule has 18 heavy (non-hydrogen) atoms. The predicted molar refractivity (Wildman–Crippen MR) is 75.0 cm³/mol. The van der Waals surface area contributed by atoms with Gasteiger partial charge in [0.25, 0.3) is 0 Å². The van der Waals surface area contributed by atoms with E-state index in [0.717, 1.165) is 31.6 Å². The lowest BCUT2D eigenvalue weighted by Crippen LogP contribution is -2.53. The molecule has 1 fully saturated rings. The van der Waals surface area contributed by atoms with Gasteiger partial charge >= 0.3 is 0 Å². The largest absolute Gasteiger partial charge is 0.496 e. The van der Waals surface area contributed by atoms with E-state index in [1.165, 1.54) is 18.5 Å². The second kappa shape index (κ2) is 5.72. The molecule has 1 aromatic rings. The van der Waals surface area contributed by atoms with Crippen LogP contribution in [0, 0.1) is 0 Å². The second-order valence-corrected chi connectivity index (χ2v) is 5.52. The first-order valence-corrected chi connectivity index (χ1v) is 6.72. The first-order chi connectivity index (χ1) is 8.63. The van der Waals surface area contributed by atoms with Crippen molar-refractivity contribution in [1.29, 1.82) is 0 Å². The zero-order valence-corrected chi connectivity index (χ0v) is 11.5. The predicted octanol–water partition coefficient (Wildman–Crippen LogP) is 2.05. The van der Waals surface area contributed by atoms with E-state index in [2.05, 4.69) is 24.1 Å². The van der Waals surface area contributed by atoms with E-state index >= 15 is 0 Å². The van der Waals surface area contributed by atoms with Gasteiger partial charge in [0.15, 0.2) is 0 Å². The molecule has 1 aliphatic heterocycles. The van der Waals surface area contributed by atoms with Crippen LogP contribution < -0.4 is 10.5 Å². The number of rotatable bonds is 4. The number of nitrogens with zero attached hydrogens (tertiary/aromatic N) is 1. The summed E-state index contributed by atoms with van der Waals surface area (Å²) in [5, 5.41) is 0. The zero-order chi connectivity index (χ0) is 13.0. The Morgan fingerprint density at radius 2 is 2.17 bits per heavy atom. The minimum absolute atomic E-state index is 0.0339. The maximum atomic E-state index is 6.51. The molecule has 0 bridgehead atoms. The Morgan fingerprint density at radius 3 is 2.89 bits per heavy atom. The minimum Gasteiger partial charge on any atom is -0.496 e. The van der Waals surface area contributed by atoms with Crippen molar-refractivity contribution in [3.05, 3.63) is 29.8 Å². The lowest BCUT2D eigenvalue weighted by atomic mass is 9.84. The standard InChI is InChI=1S/C15H24N2O/c1-17-11-5-9-15(16,12-17)10-8-13-6-3-4-7-14(13)18-2/h3-4,6-7H,5,8-12,16H2,1-2H3. The van der Waals surface area contributed by atoms with E-state index in [4.69, 9.17) is 10.5 Å². The highest BCUT2D eigenvalue weighted by molar-refractivity contribution is 5.33. The van der Waals surface area contributed by atoms with Crippen molar-refractivity contribution in [2.45, 2.75) is 31.2 Å². The van der Waals surface area contributed by atoms with Gasteiger partial charge in [-0.1, -0.05) is 18.2 Å². The number of ether oxygens (including phenoxy) is 1. The molecule has 1 saturated heterocycles. The summed E-state index contributed by atoms with van der Waals surface area (Å²) in [6.07, 6.45) is 4.36. The molecule has 2 rings (SSSR count). The maximum Gasteiger partial charge on any atom is 0.122 e. The van der Waals surface area contributed by atoms with Crippen molar-refractivity contribution in [3.63, 3.8) is 0 Å². The van der Waals surface area contributed by atoms with Gasteiger partial charge in [-0.15, -0.1) is 0 Å². The zero-order valence-electron chi connectivity index (χ0n) is 11.5. The summed E-state index contributed by atoms with van der Waals surface area (Å²) in [7, 11) is 3.88. The molecule has 1 unspecified atom stereocenters. The molecule has 100 valence electrons. The van der Waals surface area contributed by atoms with Gasteiger partial charge in [-0.3, -0.25) is 0 Å². The summed E-state index contributed by atoms with van der Waals surface area (Å²) in [6.45, 7) is 2.18. The molecule has 0 spiro atoms. The Balaban J connectivity index is 1.98. The van der Waals surface area contributed by atoms with Gasteiger partial charge in [0.1, 0.15) is 5.75 Å². The summed E-state index contributed by atoms with van der Waals surface area (Å²) in [4.78, 5) is 2.34. The molecule has 0 aromatic heterocycles. The monoisotopic (exact) mass is 248 g/mol. The van der Waals surface area contributed by atoms with Crippen molar-refractivity contribution in [2.75, 3.05) is 27.2 Å². The summed E-state index contributed by atoms with van der Waals surface area (Å²) in [6, 6.07) is 8.23. The highest BCUT2D eigenvalue weighted by Gasteiger charge is 2.29. The number of nitrogens with two attached hydrogens (primary N) is 1. The number of likely N-dealkylation sites (N-methyl/N-ethyl adjacent to an activating group) is 1. The number of para-hydroxylation sites is 1. The van der Waals surface area contributed by atoms with Gasteiger partial charge in [-0.05, 0) is 50.9 Å². The molecule has 0 saturated carbocycles. The lowest BCUT2D eigenvalue weighted by molar-refractivity contribution is 0.170. The van der Waals surface area contributed by atoms with Crippen LogP contribution in [0.2, 0.25) is 0 Å². The summed E-state index contributed by atoms with van der Waals surface area (Å²) >= 11 is 0. The van der Waals surface area contributed by atoms with Crippen molar-refractivity contribution < 1.29 is 4.74 Å². The molecule has 3 nitrogen and oxygen atoms in total. The van der Waals surface area contributed by atoms with Crippen molar-refractivity contribution in [1.82, 2.24) is 4.90 Å². The minimum atomic E-state index is -0.0339. The topological polar surface area (TPSA) is 38.5 Å². The normalized spacial score (nSPS) is 25.1. The van der Waals surface area contributed by atoms with Gasteiger partial charge in [0.2, 0.25) is 0 Å². The Bertz CT molecular complexity index is 394. The molecule has 0 radical (unpaired) electrons. The van der Waals surface area contributed by atoms with Gasteiger partial charge in [0, 0.05) is 12.1 Å². The molecule has 1 heterocycles. The van der Waals surface area contributed by atoms with Crippen LogP contribution >= 0.6 is 0 Å². The van der Waals surface area contributed by atoms with Crippen LogP contribution in [-0.4, -0.2) is 37.7 Å². The van der Waals surface area contributed by atoms with Crippen LogP contribution in [0.15, 0.2) is 24.3 Å². The van der Waals surface area contributed by atoms with E-state index in [1.807, 2.05) is 12.1 Å². The number of hydrogen-bond acceptors (Lipinski definition) is 3. The van der Waals surface area contributed by atoms with Crippen LogP contribution in [-0.2, 0) is 6.42 Å². The smallest absolute Gasteiger partial charge is 0.122 e. The maximum absolute atomic E-state index is 6.51. The summed E-state index contributed by atoms with van der Waals surface area (Å²) in [5.74, 6) is 0.977. The van der Waals surface area contributed by atoms with Crippen molar-refractivity contribution in [3.8, 4) is 5.75 Å². The van der Waals surface area contributed by atoms with Gasteiger partial charge in [0.05, 0.1) is 7.11 Å². The molecule has 1 aromatic carbocycles. The second-order valence-electron chi connectivity index (χ2n) is 5.52. The number of likely N-dealkylation sites (tertiary alicyclic amines) is 1. The third-order valence-electron chi connectivity index (χ3n) is 3.88. The third kappa shape index (κ3) is 3.24. The highest BCUT2D eigenvalue weighted by Crippen LogP contribution is 2.26. The van der Waals surface area contributed by atoms with Crippen LogP contribution in [0.1, 0.15) is 24.8 Å². The molecular weight excluding hydrogens is 224 g/mol. The Kier molecular flexibility index (Phi) is 4.25. The third-order valence-corrected chi connectivity index (χ3v) is 3.88. The fourth-order valence-electron chi connectivity index (χ4n) is 2.89. The fourth-order valence-corrected chi connectivity index (χ4v) is 2.89. The van der Waals surface area contributed by atoms with Crippen molar-refractivity contribution >= 4 is 0 Å². The number of piperidine rings is 1. The summed E-state index contributed by atoms with van der Waals surface area (Å²) < 4.78 is 5.39. The molecular formula is C15H24N2O. The molecule has 0 aliphatic carbocycles. The van der Waals surface area contributed by atoms with E-state index in [9.17, 15) is 0 Å². The summed E-state index contributed by atoms with van der Waals surface area (Å²) in [5.41, 5.74) is 7.73. The average Bonchev–Trinajstić information content (AvgIpc) is 2.36. The van der Waals surface area contributed by atoms with E-state index in [-0.39, 0.29) is 5.54 Å². The van der Waals surface area contributed by atoms with Crippen LogP contribution in [0.5, 0.6) is 5.75 Å². The van der Waals surface area contributed by atoms with E-state index < -0.39 is 0 Å². The molecule has 1 aliphatic rings. The molecule has 3 heteroatoms. The van der Waals surface area contributed by atoms with Gasteiger partial charge < -0.3 is 15.4 Å². The van der Waals surface area contributed by atoms with E-state index in [0.29, 0.717) is 0 Å². The van der Waals surface area contributed by atoms with Gasteiger partial charge in [-0.25, -0.2) is 0 Å². The molecule has 2 N–H and O–H groups in total. The number of methoxy groups -OCH3 is 1. The fraction of sp³-hybridized carbons (Fsp3) is 0.600. The lowest BCUT2D eigenvalue weighted by Gasteiger charge is -2.38. The number of hydrogen-bond donors (Lipinski definition) is 1. The Morgan fingerprint density at radius 1 is 1.39 bits per heavy atom. The number of benzene rings is 1. The Labute approximate surface area is 110 Å². The van der Waals surface area contributed by atoms with Crippen molar-refractivity contribution in [2.24, 2.45) is 5.73 Å². The van der Waals surface area contributed by atoms with Crippen LogP contribution in [0.4, 0.5) is 0 Å². The van der Waals surface area contributed by atoms with Crippen LogP contribution in [0.25, 0.3) is 0 Å². The Hall–Kier alpha value is -1.06. The van der Waals surface area contributed by atoms with Gasteiger partial charge in [-0.2, -0.15) is 0 Å².